The Labute approximate surface area is 159 Å². The molecule has 4 nitrogen and oxygen atoms in total. The van der Waals surface area contributed by atoms with E-state index in [-0.39, 0.29) is 11.2 Å². The van der Waals surface area contributed by atoms with Crippen LogP contribution in [0.2, 0.25) is 5.02 Å². The van der Waals surface area contributed by atoms with E-state index in [1.807, 2.05) is 36.6 Å². The molecule has 2 aromatic heterocycles. The highest BCUT2D eigenvalue weighted by atomic mass is 35.5. The van der Waals surface area contributed by atoms with Crippen LogP contribution in [-0.2, 0) is 17.1 Å². The molecule has 7 heteroatoms. The predicted molar refractivity (Wildman–Crippen MR) is 104 cm³/mol. The van der Waals surface area contributed by atoms with Crippen molar-refractivity contribution in [2.75, 3.05) is 0 Å². The lowest BCUT2D eigenvalue weighted by molar-refractivity contribution is -0.120. The number of benzene rings is 1. The Morgan fingerprint density at radius 2 is 2.16 bits per heavy atom. The zero-order valence-electron chi connectivity index (χ0n) is 13.6. The van der Waals surface area contributed by atoms with Crippen LogP contribution in [0.4, 0.5) is 0 Å². The molecule has 1 N–H and O–H groups in total. The van der Waals surface area contributed by atoms with Crippen LogP contribution in [0.15, 0.2) is 52.5 Å². The van der Waals surface area contributed by atoms with Crippen LogP contribution < -0.4 is 5.32 Å². The summed E-state index contributed by atoms with van der Waals surface area (Å²) in [6, 6.07) is 11.3. The lowest BCUT2D eigenvalue weighted by Gasteiger charge is -2.10. The lowest BCUT2D eigenvalue weighted by atomic mass is 10.2. The fraction of sp³-hybridized carbons (Fsp3) is 0.222. The predicted octanol–water partition coefficient (Wildman–Crippen LogP) is 4.99. The standard InChI is InChI=1S/C18H17ClN2O2S2/c1-12(17(22)20-9-16-3-2-8-24-16)25-11-15-10-23-18(21-15)13-4-6-14(19)7-5-13/h2-8,10,12H,9,11H2,1H3,(H,20,22). The van der Waals surface area contributed by atoms with Gasteiger partial charge in [-0.3, -0.25) is 4.79 Å². The van der Waals surface area contributed by atoms with E-state index in [1.165, 1.54) is 11.8 Å². The van der Waals surface area contributed by atoms with Crippen molar-refractivity contribution in [1.29, 1.82) is 0 Å². The summed E-state index contributed by atoms with van der Waals surface area (Å²) in [7, 11) is 0. The Bertz CT molecular complexity index is 816. The Balaban J connectivity index is 1.49. The molecule has 0 aliphatic rings. The van der Waals surface area contributed by atoms with Gasteiger partial charge in [0.15, 0.2) is 0 Å². The summed E-state index contributed by atoms with van der Waals surface area (Å²) < 4.78 is 5.51. The minimum atomic E-state index is -0.157. The number of amides is 1. The van der Waals surface area contributed by atoms with Gasteiger partial charge in [-0.05, 0) is 42.6 Å². The second-order valence-electron chi connectivity index (χ2n) is 5.40. The zero-order chi connectivity index (χ0) is 17.6. The van der Waals surface area contributed by atoms with Crippen molar-refractivity contribution in [3.8, 4) is 11.5 Å². The van der Waals surface area contributed by atoms with E-state index in [9.17, 15) is 4.79 Å². The third-order valence-electron chi connectivity index (χ3n) is 3.51. The molecule has 3 rings (SSSR count). The van der Waals surface area contributed by atoms with E-state index in [1.54, 1.807) is 29.7 Å². The maximum Gasteiger partial charge on any atom is 0.233 e. The molecular weight excluding hydrogens is 376 g/mol. The van der Waals surface area contributed by atoms with Gasteiger partial charge in [-0.1, -0.05) is 17.7 Å². The first-order valence-corrected chi connectivity index (χ1v) is 10.0. The summed E-state index contributed by atoms with van der Waals surface area (Å²) in [4.78, 5) is 17.7. The average molecular weight is 393 g/mol. The van der Waals surface area contributed by atoms with Crippen molar-refractivity contribution in [2.24, 2.45) is 0 Å². The number of rotatable bonds is 7. The molecular formula is C18H17ClN2O2S2. The van der Waals surface area contributed by atoms with E-state index in [0.717, 1.165) is 16.1 Å². The quantitative estimate of drug-likeness (QED) is 0.615. The maximum absolute atomic E-state index is 12.1. The van der Waals surface area contributed by atoms with E-state index in [4.69, 9.17) is 16.0 Å². The number of hydrogen-bond acceptors (Lipinski definition) is 5. The summed E-state index contributed by atoms with van der Waals surface area (Å²) in [6.45, 7) is 2.47. The number of hydrogen-bond donors (Lipinski definition) is 1. The van der Waals surface area contributed by atoms with Gasteiger partial charge in [0, 0.05) is 21.2 Å². The summed E-state index contributed by atoms with van der Waals surface area (Å²) in [5, 5.41) is 5.47. The number of nitrogens with one attached hydrogen (secondary N) is 1. The van der Waals surface area contributed by atoms with Crippen molar-refractivity contribution < 1.29 is 9.21 Å². The Kier molecular flexibility index (Phi) is 6.18. The van der Waals surface area contributed by atoms with Gasteiger partial charge in [0.1, 0.15) is 6.26 Å². The van der Waals surface area contributed by atoms with Gasteiger partial charge < -0.3 is 9.73 Å². The highest BCUT2D eigenvalue weighted by molar-refractivity contribution is 7.99. The molecule has 0 bridgehead atoms. The molecule has 1 amide bonds. The molecule has 0 radical (unpaired) electrons. The molecule has 25 heavy (non-hydrogen) atoms. The van der Waals surface area contributed by atoms with E-state index < -0.39 is 0 Å². The van der Waals surface area contributed by atoms with Gasteiger partial charge in [-0.25, -0.2) is 4.98 Å². The van der Waals surface area contributed by atoms with Gasteiger partial charge >= 0.3 is 0 Å². The smallest absolute Gasteiger partial charge is 0.233 e. The number of halogens is 1. The first kappa shape index (κ1) is 18.0. The minimum Gasteiger partial charge on any atom is -0.444 e. The van der Waals surface area contributed by atoms with E-state index >= 15 is 0 Å². The Morgan fingerprint density at radius 3 is 2.88 bits per heavy atom. The summed E-state index contributed by atoms with van der Waals surface area (Å²) in [6.07, 6.45) is 1.63. The first-order valence-electron chi connectivity index (χ1n) is 7.74. The third kappa shape index (κ3) is 5.11. The van der Waals surface area contributed by atoms with Crippen molar-refractivity contribution in [3.05, 3.63) is 63.6 Å². The van der Waals surface area contributed by atoms with Gasteiger partial charge in [-0.15, -0.1) is 23.1 Å². The van der Waals surface area contributed by atoms with Crippen molar-refractivity contribution in [3.63, 3.8) is 0 Å². The molecule has 130 valence electrons. The second kappa shape index (κ2) is 8.56. The largest absolute Gasteiger partial charge is 0.444 e. The highest BCUT2D eigenvalue weighted by Crippen LogP contribution is 2.23. The van der Waals surface area contributed by atoms with Crippen LogP contribution in [0.25, 0.3) is 11.5 Å². The first-order chi connectivity index (χ1) is 12.1. The number of thioether (sulfide) groups is 1. The van der Waals surface area contributed by atoms with Crippen LogP contribution in [0.5, 0.6) is 0 Å². The normalized spacial score (nSPS) is 12.1. The van der Waals surface area contributed by atoms with Gasteiger partial charge in [0.25, 0.3) is 0 Å². The van der Waals surface area contributed by atoms with Gasteiger partial charge in [0.05, 0.1) is 17.5 Å². The molecule has 3 aromatic rings. The molecule has 0 fully saturated rings. The fourth-order valence-electron chi connectivity index (χ4n) is 2.12. The topological polar surface area (TPSA) is 55.1 Å². The fourth-order valence-corrected chi connectivity index (χ4v) is 3.67. The number of carbonyl (C=O) groups excluding carboxylic acids is 1. The SMILES string of the molecule is CC(SCc1coc(-c2ccc(Cl)cc2)n1)C(=O)NCc1cccs1. The van der Waals surface area contributed by atoms with Crippen LogP contribution >= 0.6 is 34.7 Å². The van der Waals surface area contributed by atoms with Crippen LogP contribution in [-0.4, -0.2) is 16.1 Å². The number of thiophene rings is 1. The second-order valence-corrected chi connectivity index (χ2v) is 8.20. The van der Waals surface area contributed by atoms with E-state index in [0.29, 0.717) is 23.2 Å². The molecule has 0 saturated carbocycles. The summed E-state index contributed by atoms with van der Waals surface area (Å²) >= 11 is 9.05. The molecule has 1 atom stereocenters. The van der Waals surface area contributed by atoms with Crippen LogP contribution in [0, 0.1) is 0 Å². The Morgan fingerprint density at radius 1 is 1.36 bits per heavy atom. The van der Waals surface area contributed by atoms with Crippen LogP contribution in [0.1, 0.15) is 17.5 Å². The number of aromatic nitrogens is 1. The molecule has 2 heterocycles. The number of oxazole rings is 1. The van der Waals surface area contributed by atoms with Crippen molar-refractivity contribution in [2.45, 2.75) is 24.5 Å². The van der Waals surface area contributed by atoms with Gasteiger partial charge in [-0.2, -0.15) is 0 Å². The number of nitrogens with zero attached hydrogens (tertiary/aromatic N) is 1. The van der Waals surface area contributed by atoms with Crippen molar-refractivity contribution in [1.82, 2.24) is 10.3 Å². The summed E-state index contributed by atoms with van der Waals surface area (Å²) in [5.41, 5.74) is 1.69. The minimum absolute atomic E-state index is 0.0276. The molecule has 0 spiro atoms. The molecule has 0 saturated heterocycles. The zero-order valence-corrected chi connectivity index (χ0v) is 16.0. The molecule has 0 aliphatic heterocycles. The number of carbonyl (C=O) groups is 1. The van der Waals surface area contributed by atoms with E-state index in [2.05, 4.69) is 10.3 Å². The highest BCUT2D eigenvalue weighted by Gasteiger charge is 2.15. The van der Waals surface area contributed by atoms with Crippen LogP contribution in [0.3, 0.4) is 0 Å². The van der Waals surface area contributed by atoms with Crippen molar-refractivity contribution >= 4 is 40.6 Å². The molecule has 1 aromatic carbocycles. The van der Waals surface area contributed by atoms with Gasteiger partial charge in [0.2, 0.25) is 11.8 Å². The molecule has 0 aliphatic carbocycles. The third-order valence-corrected chi connectivity index (χ3v) is 5.82. The Hall–Kier alpha value is -1.76. The average Bonchev–Trinajstić information content (AvgIpc) is 3.30. The summed E-state index contributed by atoms with van der Waals surface area (Å²) in [5.74, 6) is 1.20. The maximum atomic E-state index is 12.1. The monoisotopic (exact) mass is 392 g/mol. The molecule has 1 unspecified atom stereocenters. The lowest BCUT2D eigenvalue weighted by Crippen LogP contribution is -2.30.